The number of benzene rings is 1. The molecule has 2 atom stereocenters. The predicted molar refractivity (Wildman–Crippen MR) is 117 cm³/mol. The Morgan fingerprint density at radius 1 is 1.32 bits per heavy atom. The molecule has 2 fully saturated rings. The summed E-state index contributed by atoms with van der Waals surface area (Å²) in [6.45, 7) is 5.68. The van der Waals surface area contributed by atoms with Crippen LogP contribution < -0.4 is 5.32 Å². The number of hydrogen-bond acceptors (Lipinski definition) is 4. The third-order valence-corrected chi connectivity index (χ3v) is 5.36. The van der Waals surface area contributed by atoms with Gasteiger partial charge < -0.3 is 15.0 Å². The second-order valence-corrected chi connectivity index (χ2v) is 7.29. The Morgan fingerprint density at radius 3 is 2.84 bits per heavy atom. The zero-order valence-corrected chi connectivity index (χ0v) is 18.2. The molecule has 0 radical (unpaired) electrons. The number of nitrogens with one attached hydrogen (secondary N) is 1. The first-order chi connectivity index (χ1) is 11.8. The normalized spacial score (nSPS) is 23.9. The zero-order valence-electron chi connectivity index (χ0n) is 15.1. The van der Waals surface area contributed by atoms with Crippen molar-refractivity contribution in [1.29, 1.82) is 0 Å². The van der Waals surface area contributed by atoms with Crippen molar-refractivity contribution in [3.05, 3.63) is 35.9 Å². The van der Waals surface area contributed by atoms with Crippen LogP contribution >= 0.6 is 35.7 Å². The monoisotopic (exact) mass is 476 g/mol. The highest BCUT2D eigenvalue weighted by Crippen LogP contribution is 2.24. The van der Waals surface area contributed by atoms with E-state index in [9.17, 15) is 0 Å². The number of guanidine groups is 1. The van der Waals surface area contributed by atoms with Gasteiger partial charge in [-0.2, -0.15) is 11.8 Å². The lowest BCUT2D eigenvalue weighted by Gasteiger charge is -2.36. The van der Waals surface area contributed by atoms with Crippen molar-refractivity contribution in [1.82, 2.24) is 15.1 Å². The van der Waals surface area contributed by atoms with Gasteiger partial charge in [-0.3, -0.25) is 9.89 Å². The van der Waals surface area contributed by atoms with Crippen molar-refractivity contribution in [3.8, 4) is 0 Å². The van der Waals surface area contributed by atoms with Gasteiger partial charge in [0.15, 0.2) is 5.96 Å². The second-order valence-electron chi connectivity index (χ2n) is 6.30. The number of fused-ring (bicyclic) bond motifs is 1. The summed E-state index contributed by atoms with van der Waals surface area (Å²) in [5.41, 5.74) is 1.37. The molecule has 0 aliphatic carbocycles. The maximum atomic E-state index is 6.05. The van der Waals surface area contributed by atoms with Crippen molar-refractivity contribution in [2.75, 3.05) is 51.8 Å². The van der Waals surface area contributed by atoms with E-state index in [-0.39, 0.29) is 30.1 Å². The van der Waals surface area contributed by atoms with E-state index in [1.807, 2.05) is 18.8 Å². The zero-order chi connectivity index (χ0) is 16.8. The molecule has 0 saturated carbocycles. The molecule has 0 aromatic heterocycles. The van der Waals surface area contributed by atoms with Gasteiger partial charge in [-0.1, -0.05) is 30.3 Å². The van der Waals surface area contributed by atoms with Crippen LogP contribution in [-0.2, 0) is 11.3 Å². The maximum absolute atomic E-state index is 6.05. The molecule has 1 aromatic rings. The number of hydrogen-bond donors (Lipinski definition) is 1. The van der Waals surface area contributed by atoms with Gasteiger partial charge in [0.2, 0.25) is 0 Å². The first kappa shape index (κ1) is 20.8. The molecular formula is C18H29IN4OS. The third-order valence-electron chi connectivity index (χ3n) is 4.75. The van der Waals surface area contributed by atoms with Gasteiger partial charge >= 0.3 is 0 Å². The molecule has 3 rings (SSSR count). The maximum Gasteiger partial charge on any atom is 0.193 e. The number of nitrogens with zero attached hydrogens (tertiary/aromatic N) is 3. The van der Waals surface area contributed by atoms with E-state index in [0.717, 1.165) is 51.0 Å². The minimum absolute atomic E-state index is 0. The Hall–Kier alpha value is -0.510. The smallest absolute Gasteiger partial charge is 0.193 e. The van der Waals surface area contributed by atoms with Crippen LogP contribution in [-0.4, -0.2) is 79.7 Å². The average molecular weight is 476 g/mol. The lowest BCUT2D eigenvalue weighted by Crippen LogP contribution is -2.50. The summed E-state index contributed by atoms with van der Waals surface area (Å²) >= 11 is 1.85. The lowest BCUT2D eigenvalue weighted by atomic mass is 10.1. The highest BCUT2D eigenvalue weighted by molar-refractivity contribution is 14.0. The van der Waals surface area contributed by atoms with E-state index < -0.39 is 0 Å². The third kappa shape index (κ3) is 5.48. The minimum Gasteiger partial charge on any atom is -0.373 e. The molecule has 2 saturated heterocycles. The molecule has 1 N–H and O–H groups in total. The van der Waals surface area contributed by atoms with E-state index in [0.29, 0.717) is 6.04 Å². The lowest BCUT2D eigenvalue weighted by molar-refractivity contribution is -0.0502. The van der Waals surface area contributed by atoms with Gasteiger partial charge in [0.1, 0.15) is 0 Å². The van der Waals surface area contributed by atoms with Gasteiger partial charge in [-0.05, 0) is 11.8 Å². The molecule has 2 unspecified atom stereocenters. The van der Waals surface area contributed by atoms with E-state index >= 15 is 0 Å². The van der Waals surface area contributed by atoms with Crippen LogP contribution in [0.1, 0.15) is 5.56 Å². The molecule has 25 heavy (non-hydrogen) atoms. The molecular weight excluding hydrogens is 447 g/mol. The predicted octanol–water partition coefficient (Wildman–Crippen LogP) is 2.13. The first-order valence-corrected chi connectivity index (χ1v) is 10.1. The molecule has 140 valence electrons. The summed E-state index contributed by atoms with van der Waals surface area (Å²) < 4.78 is 6.05. The van der Waals surface area contributed by atoms with E-state index in [2.05, 4.69) is 56.7 Å². The Kier molecular flexibility index (Phi) is 8.81. The number of aliphatic imine (C=N–C) groups is 1. The van der Waals surface area contributed by atoms with Crippen LogP contribution in [0, 0.1) is 0 Å². The van der Waals surface area contributed by atoms with E-state index in [1.165, 1.54) is 5.56 Å². The van der Waals surface area contributed by atoms with Crippen molar-refractivity contribution in [3.63, 3.8) is 0 Å². The summed E-state index contributed by atoms with van der Waals surface area (Å²) in [5.74, 6) is 2.10. The highest BCUT2D eigenvalue weighted by atomic mass is 127. The fourth-order valence-electron chi connectivity index (χ4n) is 3.54. The number of likely N-dealkylation sites (tertiary alicyclic amines) is 1. The standard InChI is InChI=1S/C18H28N4OS.HI/c1-19-18(20-8-11-24-2)22-13-16-17(14-22)23-10-9-21(16)12-15-6-4-3-5-7-15;/h3-7,16-17H,8-14H2,1-2H3,(H,19,20);1H. The van der Waals surface area contributed by atoms with Crippen LogP contribution in [0.5, 0.6) is 0 Å². The van der Waals surface area contributed by atoms with Crippen LogP contribution in [0.25, 0.3) is 0 Å². The highest BCUT2D eigenvalue weighted by Gasteiger charge is 2.41. The largest absolute Gasteiger partial charge is 0.373 e. The van der Waals surface area contributed by atoms with Gasteiger partial charge in [-0.25, -0.2) is 0 Å². The van der Waals surface area contributed by atoms with Crippen LogP contribution in [0.15, 0.2) is 35.3 Å². The number of rotatable bonds is 5. The topological polar surface area (TPSA) is 40.1 Å². The molecule has 1 aromatic carbocycles. The summed E-state index contributed by atoms with van der Waals surface area (Å²) in [5, 5.41) is 3.47. The quantitative estimate of drug-likeness (QED) is 0.305. The Balaban J connectivity index is 0.00000225. The Labute approximate surface area is 172 Å². The molecule has 5 nitrogen and oxygen atoms in total. The molecule has 0 amide bonds. The number of thioether (sulfide) groups is 1. The van der Waals surface area contributed by atoms with Gasteiger partial charge in [-0.15, -0.1) is 24.0 Å². The molecule has 0 bridgehead atoms. The Bertz CT molecular complexity index is 545. The molecule has 2 heterocycles. The van der Waals surface area contributed by atoms with Crippen molar-refractivity contribution < 1.29 is 4.74 Å². The van der Waals surface area contributed by atoms with Crippen LogP contribution in [0.3, 0.4) is 0 Å². The van der Waals surface area contributed by atoms with Crippen LogP contribution in [0.2, 0.25) is 0 Å². The Morgan fingerprint density at radius 2 is 2.12 bits per heavy atom. The summed E-state index contributed by atoms with van der Waals surface area (Å²) in [6, 6.07) is 11.2. The number of morpholine rings is 1. The average Bonchev–Trinajstić information content (AvgIpc) is 3.05. The number of halogens is 1. The van der Waals surface area contributed by atoms with Gasteiger partial charge in [0.25, 0.3) is 0 Å². The van der Waals surface area contributed by atoms with Crippen molar-refractivity contribution in [2.45, 2.75) is 18.7 Å². The van der Waals surface area contributed by atoms with E-state index in [1.54, 1.807) is 0 Å². The number of ether oxygens (including phenoxy) is 1. The summed E-state index contributed by atoms with van der Waals surface area (Å²) in [6.07, 6.45) is 2.41. The summed E-state index contributed by atoms with van der Waals surface area (Å²) in [4.78, 5) is 9.37. The summed E-state index contributed by atoms with van der Waals surface area (Å²) in [7, 11) is 1.87. The minimum atomic E-state index is 0. The first-order valence-electron chi connectivity index (χ1n) is 8.66. The second kappa shape index (κ2) is 10.6. The molecule has 7 heteroatoms. The fourth-order valence-corrected chi connectivity index (χ4v) is 3.85. The van der Waals surface area contributed by atoms with Crippen molar-refractivity contribution >= 4 is 41.7 Å². The van der Waals surface area contributed by atoms with Crippen LogP contribution in [0.4, 0.5) is 0 Å². The van der Waals surface area contributed by atoms with Crippen molar-refractivity contribution in [2.24, 2.45) is 4.99 Å². The molecule has 2 aliphatic heterocycles. The fraction of sp³-hybridized carbons (Fsp3) is 0.611. The van der Waals surface area contributed by atoms with Gasteiger partial charge in [0.05, 0.1) is 18.8 Å². The molecule has 2 aliphatic rings. The molecule has 0 spiro atoms. The SMILES string of the molecule is CN=C(NCCSC)N1CC2OCCN(Cc3ccccc3)C2C1.I. The van der Waals surface area contributed by atoms with Gasteiger partial charge in [0, 0.05) is 45.5 Å². The van der Waals surface area contributed by atoms with E-state index in [4.69, 9.17) is 4.74 Å².